The van der Waals surface area contributed by atoms with E-state index in [0.29, 0.717) is 6.42 Å². The van der Waals surface area contributed by atoms with Gasteiger partial charge in [-0.15, -0.1) is 0 Å². The smallest absolute Gasteiger partial charge is 0.417 e. The Morgan fingerprint density at radius 1 is 0.943 bits per heavy atom. The molecule has 0 unspecified atom stereocenters. The van der Waals surface area contributed by atoms with E-state index < -0.39 is 17.8 Å². The number of rotatable bonds is 7. The molecule has 5 nitrogen and oxygen atoms in total. The van der Waals surface area contributed by atoms with E-state index in [1.807, 2.05) is 24.3 Å². The summed E-state index contributed by atoms with van der Waals surface area (Å²) in [5, 5.41) is 5.19. The molecule has 0 aromatic heterocycles. The first-order valence-corrected chi connectivity index (χ1v) is 11.2. The van der Waals surface area contributed by atoms with Gasteiger partial charge in [0.25, 0.3) is 0 Å². The van der Waals surface area contributed by atoms with Crippen LogP contribution in [-0.4, -0.2) is 19.1 Å². The molecule has 0 bridgehead atoms. The fourth-order valence-electron chi connectivity index (χ4n) is 3.38. The zero-order valence-electron chi connectivity index (χ0n) is 18.5. The molecule has 0 atom stereocenters. The number of carbonyl (C=O) groups is 2. The van der Waals surface area contributed by atoms with Crippen molar-refractivity contribution in [1.29, 1.82) is 0 Å². The highest BCUT2D eigenvalue weighted by Crippen LogP contribution is 2.43. The third-order valence-corrected chi connectivity index (χ3v) is 5.72. The van der Waals surface area contributed by atoms with Crippen molar-refractivity contribution in [1.82, 2.24) is 5.32 Å². The zero-order chi connectivity index (χ0) is 25.6. The Morgan fingerprint density at radius 3 is 2.14 bits per heavy atom. The number of carbonyl (C=O) groups excluding carboxylic acids is 2. The summed E-state index contributed by atoms with van der Waals surface area (Å²) in [4.78, 5) is 23.5. The van der Waals surface area contributed by atoms with Crippen molar-refractivity contribution in [2.24, 2.45) is 0 Å². The minimum atomic E-state index is -4.58. The molecule has 3 aromatic carbocycles. The topological polar surface area (TPSA) is 67.4 Å². The third kappa shape index (κ3) is 7.13. The zero-order valence-corrected chi connectivity index (χ0v) is 20.0. The maximum atomic E-state index is 13.4. The molecule has 0 saturated carbocycles. The Bertz CT molecular complexity index is 1190. The second-order valence-corrected chi connectivity index (χ2v) is 8.37. The van der Waals surface area contributed by atoms with Crippen LogP contribution in [-0.2, 0) is 28.7 Å². The fraction of sp³-hybridized carbons (Fsp3) is 0.200. The van der Waals surface area contributed by atoms with Crippen molar-refractivity contribution in [2.45, 2.75) is 25.6 Å². The average molecular weight is 525 g/mol. The molecule has 0 aliphatic carbocycles. The fourth-order valence-corrected chi connectivity index (χ4v) is 4.07. The summed E-state index contributed by atoms with van der Waals surface area (Å²) in [6.07, 6.45) is -3.76. The summed E-state index contributed by atoms with van der Waals surface area (Å²) in [6.45, 7) is 0.224. The lowest BCUT2D eigenvalue weighted by Gasteiger charge is -2.16. The van der Waals surface area contributed by atoms with Crippen LogP contribution in [0.5, 0.6) is 0 Å². The van der Waals surface area contributed by atoms with Gasteiger partial charge < -0.3 is 15.4 Å². The highest BCUT2D eigenvalue weighted by molar-refractivity contribution is 6.39. The Hall–Kier alpha value is -3.23. The van der Waals surface area contributed by atoms with Crippen molar-refractivity contribution in [3.63, 3.8) is 0 Å². The molecule has 0 saturated heterocycles. The molecule has 0 heterocycles. The number of urea groups is 1. The molecule has 0 spiro atoms. The first-order valence-electron chi connectivity index (χ1n) is 10.4. The normalized spacial score (nSPS) is 11.1. The van der Waals surface area contributed by atoms with Crippen molar-refractivity contribution >= 4 is 40.9 Å². The van der Waals surface area contributed by atoms with E-state index in [2.05, 4.69) is 15.4 Å². The summed E-state index contributed by atoms with van der Waals surface area (Å²) in [5.41, 5.74) is 1.03. The van der Waals surface area contributed by atoms with E-state index in [-0.39, 0.29) is 45.8 Å². The number of aryl methyl sites for hydroxylation is 1. The Labute approximate surface area is 210 Å². The first kappa shape index (κ1) is 26.4. The number of halogens is 5. The van der Waals surface area contributed by atoms with Crippen LogP contribution in [0.25, 0.3) is 11.1 Å². The molecule has 184 valence electrons. The molecule has 3 rings (SSSR count). The predicted molar refractivity (Wildman–Crippen MR) is 130 cm³/mol. The molecule has 0 fully saturated rings. The first-order chi connectivity index (χ1) is 16.6. The van der Waals surface area contributed by atoms with Crippen molar-refractivity contribution in [3.8, 4) is 11.1 Å². The minimum Gasteiger partial charge on any atom is -0.469 e. The third-order valence-electron chi connectivity index (χ3n) is 5.12. The molecule has 35 heavy (non-hydrogen) atoms. The number of hydrogen-bond donors (Lipinski definition) is 2. The Morgan fingerprint density at radius 2 is 1.54 bits per heavy atom. The van der Waals surface area contributed by atoms with Gasteiger partial charge in [-0.2, -0.15) is 13.2 Å². The monoisotopic (exact) mass is 524 g/mol. The summed E-state index contributed by atoms with van der Waals surface area (Å²) in [6, 6.07) is 14.5. The second-order valence-electron chi connectivity index (χ2n) is 7.56. The van der Waals surface area contributed by atoms with Gasteiger partial charge in [-0.05, 0) is 41.3 Å². The average Bonchev–Trinajstić information content (AvgIpc) is 2.81. The van der Waals surface area contributed by atoms with Gasteiger partial charge in [0.2, 0.25) is 0 Å². The van der Waals surface area contributed by atoms with E-state index in [0.717, 1.165) is 17.2 Å². The van der Waals surface area contributed by atoms with Crippen molar-refractivity contribution < 1.29 is 27.5 Å². The van der Waals surface area contributed by atoms with Gasteiger partial charge in [0.1, 0.15) is 0 Å². The number of hydrogen-bond acceptors (Lipinski definition) is 3. The quantitative estimate of drug-likeness (QED) is 0.323. The van der Waals surface area contributed by atoms with Crippen LogP contribution in [0.3, 0.4) is 0 Å². The van der Waals surface area contributed by atoms with E-state index >= 15 is 0 Å². The van der Waals surface area contributed by atoms with Gasteiger partial charge in [0.15, 0.2) is 0 Å². The van der Waals surface area contributed by atoms with Gasteiger partial charge in [0, 0.05) is 24.2 Å². The lowest BCUT2D eigenvalue weighted by Crippen LogP contribution is -2.28. The number of alkyl halides is 3. The van der Waals surface area contributed by atoms with Gasteiger partial charge in [-0.1, -0.05) is 65.7 Å². The van der Waals surface area contributed by atoms with Crippen LogP contribution in [0, 0.1) is 0 Å². The summed E-state index contributed by atoms with van der Waals surface area (Å²) in [7, 11) is 1.34. The molecule has 2 N–H and O–H groups in total. The molecular weight excluding hydrogens is 504 g/mol. The summed E-state index contributed by atoms with van der Waals surface area (Å²) < 4.78 is 44.8. The summed E-state index contributed by atoms with van der Waals surface area (Å²) in [5.74, 6) is -0.287. The van der Waals surface area contributed by atoms with Crippen LogP contribution in [0.2, 0.25) is 10.0 Å². The van der Waals surface area contributed by atoms with Crippen molar-refractivity contribution in [3.05, 3.63) is 87.4 Å². The van der Waals surface area contributed by atoms with Crippen LogP contribution < -0.4 is 10.6 Å². The van der Waals surface area contributed by atoms with E-state index in [4.69, 9.17) is 23.2 Å². The number of methoxy groups -OCH3 is 1. The molecule has 2 amide bonds. The maximum Gasteiger partial charge on any atom is 0.417 e. The second kappa shape index (κ2) is 11.5. The molecule has 0 aliphatic heterocycles. The standard InChI is InChI=1S/C25H21Cl2F3N2O3/c1-35-22(33)11-10-15-6-8-16(9-7-15)14-31-24(34)32-17-12-20(26)23(21(27)13-17)18-4-2-3-5-19(18)25(28,29)30/h2-9,12-13H,10-11,14H2,1H3,(H2,31,32,34). The van der Waals surface area contributed by atoms with E-state index in [1.165, 1.54) is 37.4 Å². The highest BCUT2D eigenvalue weighted by atomic mass is 35.5. The van der Waals surface area contributed by atoms with Crippen LogP contribution in [0.4, 0.5) is 23.7 Å². The number of amides is 2. The number of nitrogens with one attached hydrogen (secondary N) is 2. The molecule has 3 aromatic rings. The maximum absolute atomic E-state index is 13.4. The van der Waals surface area contributed by atoms with E-state index in [1.54, 1.807) is 0 Å². The van der Waals surface area contributed by atoms with Gasteiger partial charge in [-0.3, -0.25) is 4.79 Å². The van der Waals surface area contributed by atoms with Gasteiger partial charge in [0.05, 0.1) is 22.7 Å². The minimum absolute atomic E-state index is 0.0273. The van der Waals surface area contributed by atoms with Crippen molar-refractivity contribution in [2.75, 3.05) is 12.4 Å². The van der Waals surface area contributed by atoms with Crippen LogP contribution in [0.1, 0.15) is 23.1 Å². The van der Waals surface area contributed by atoms with Gasteiger partial charge >= 0.3 is 18.2 Å². The Balaban J connectivity index is 1.65. The number of ether oxygens (including phenoxy) is 1. The Kier molecular flexibility index (Phi) is 8.64. The van der Waals surface area contributed by atoms with E-state index in [9.17, 15) is 22.8 Å². The molecular formula is C25H21Cl2F3N2O3. The van der Waals surface area contributed by atoms with Crippen LogP contribution in [0.15, 0.2) is 60.7 Å². The SMILES string of the molecule is COC(=O)CCc1ccc(CNC(=O)Nc2cc(Cl)c(-c3ccccc3C(F)(F)F)c(Cl)c2)cc1. The molecule has 0 radical (unpaired) electrons. The number of esters is 1. The number of anilines is 1. The van der Waals surface area contributed by atoms with Crippen LogP contribution >= 0.6 is 23.2 Å². The lowest BCUT2D eigenvalue weighted by molar-refractivity contribution is -0.140. The molecule has 0 aliphatic rings. The predicted octanol–water partition coefficient (Wildman–Crippen LogP) is 7.11. The largest absolute Gasteiger partial charge is 0.469 e. The summed E-state index contributed by atoms with van der Waals surface area (Å²) >= 11 is 12.5. The highest BCUT2D eigenvalue weighted by Gasteiger charge is 2.34. The number of benzene rings is 3. The lowest BCUT2D eigenvalue weighted by atomic mass is 9.99. The molecule has 10 heteroatoms. The van der Waals surface area contributed by atoms with Gasteiger partial charge in [-0.25, -0.2) is 4.79 Å².